The van der Waals surface area contributed by atoms with Gasteiger partial charge in [-0.2, -0.15) is 0 Å². The summed E-state index contributed by atoms with van der Waals surface area (Å²) in [6.45, 7) is 4.26. The quantitative estimate of drug-likeness (QED) is 0.564. The number of carbonyl (C=O) groups is 1. The molecule has 1 heterocycles. The molecule has 3 aromatic rings. The smallest absolute Gasteiger partial charge is 0.320 e. The maximum absolute atomic E-state index is 11.3. The first-order chi connectivity index (χ1) is 13.5. The molecule has 0 amide bonds. The van der Waals surface area contributed by atoms with E-state index in [9.17, 15) is 9.90 Å². The topological polar surface area (TPSA) is 92.9 Å². The molecule has 8 heteroatoms. The summed E-state index contributed by atoms with van der Waals surface area (Å²) >= 11 is 1.68. The SMILES string of the molecule is CSc1ccc(-n2nnc(-c3ccc(CN[C@@H](C(=O)O)C(C)C)cc3)n2)cc1. The number of tetrazole rings is 1. The second-order valence-electron chi connectivity index (χ2n) is 6.74. The minimum Gasteiger partial charge on any atom is -0.480 e. The van der Waals surface area contributed by atoms with Crippen molar-refractivity contribution >= 4 is 17.7 Å². The largest absolute Gasteiger partial charge is 0.480 e. The maximum atomic E-state index is 11.3. The van der Waals surface area contributed by atoms with E-state index in [1.54, 1.807) is 11.8 Å². The minimum atomic E-state index is -0.835. The first-order valence-corrected chi connectivity index (χ1v) is 10.2. The third kappa shape index (κ3) is 4.76. The van der Waals surface area contributed by atoms with Crippen molar-refractivity contribution in [2.75, 3.05) is 6.26 Å². The van der Waals surface area contributed by atoms with Gasteiger partial charge >= 0.3 is 5.97 Å². The van der Waals surface area contributed by atoms with Crippen LogP contribution in [-0.2, 0) is 11.3 Å². The highest BCUT2D eigenvalue weighted by Crippen LogP contribution is 2.18. The number of thioether (sulfide) groups is 1. The molecule has 0 radical (unpaired) electrons. The van der Waals surface area contributed by atoms with Gasteiger partial charge in [-0.05, 0) is 47.2 Å². The predicted octanol–water partition coefficient (Wildman–Crippen LogP) is 3.25. The number of benzene rings is 2. The first kappa shape index (κ1) is 20.0. The zero-order valence-corrected chi connectivity index (χ0v) is 16.8. The van der Waals surface area contributed by atoms with Crippen molar-refractivity contribution < 1.29 is 9.90 Å². The molecule has 2 N–H and O–H groups in total. The Kier molecular flexibility index (Phi) is 6.43. The van der Waals surface area contributed by atoms with E-state index in [1.807, 2.05) is 68.6 Å². The van der Waals surface area contributed by atoms with Gasteiger partial charge < -0.3 is 10.4 Å². The Hall–Kier alpha value is -2.71. The molecule has 0 spiro atoms. The lowest BCUT2D eigenvalue weighted by Gasteiger charge is -2.17. The average Bonchev–Trinajstić information content (AvgIpc) is 3.18. The summed E-state index contributed by atoms with van der Waals surface area (Å²) in [4.78, 5) is 14.0. The Labute approximate surface area is 168 Å². The monoisotopic (exact) mass is 397 g/mol. The average molecular weight is 398 g/mol. The van der Waals surface area contributed by atoms with E-state index in [4.69, 9.17) is 0 Å². The van der Waals surface area contributed by atoms with Gasteiger partial charge in [0.2, 0.25) is 5.82 Å². The van der Waals surface area contributed by atoms with Crippen molar-refractivity contribution in [2.45, 2.75) is 31.3 Å². The first-order valence-electron chi connectivity index (χ1n) is 8.98. The van der Waals surface area contributed by atoms with Crippen molar-refractivity contribution in [3.8, 4) is 17.1 Å². The molecule has 0 aliphatic rings. The number of nitrogens with one attached hydrogen (secondary N) is 1. The maximum Gasteiger partial charge on any atom is 0.320 e. The van der Waals surface area contributed by atoms with Crippen molar-refractivity contribution in [1.29, 1.82) is 0 Å². The molecule has 0 fully saturated rings. The normalized spacial score (nSPS) is 12.3. The lowest BCUT2D eigenvalue weighted by molar-refractivity contribution is -0.140. The number of aliphatic carboxylic acids is 1. The molecule has 0 unspecified atom stereocenters. The molecule has 28 heavy (non-hydrogen) atoms. The van der Waals surface area contributed by atoms with Crippen LogP contribution in [0.4, 0.5) is 0 Å². The second kappa shape index (κ2) is 8.99. The van der Waals surface area contributed by atoms with E-state index in [1.165, 1.54) is 9.69 Å². The molecule has 146 valence electrons. The highest BCUT2D eigenvalue weighted by molar-refractivity contribution is 7.98. The zero-order chi connectivity index (χ0) is 20.1. The van der Waals surface area contributed by atoms with Crippen LogP contribution in [0.1, 0.15) is 19.4 Å². The van der Waals surface area contributed by atoms with Gasteiger partial charge in [-0.1, -0.05) is 38.1 Å². The molecule has 0 aliphatic heterocycles. The summed E-state index contributed by atoms with van der Waals surface area (Å²) in [5.41, 5.74) is 2.70. The van der Waals surface area contributed by atoms with Gasteiger partial charge in [-0.25, -0.2) is 0 Å². The Balaban J connectivity index is 1.68. The minimum absolute atomic E-state index is 0.0148. The van der Waals surface area contributed by atoms with Gasteiger partial charge in [0, 0.05) is 17.0 Å². The number of carboxylic acid groups (broad SMARTS) is 1. The fourth-order valence-electron chi connectivity index (χ4n) is 2.76. The zero-order valence-electron chi connectivity index (χ0n) is 16.0. The highest BCUT2D eigenvalue weighted by atomic mass is 32.2. The number of aromatic nitrogens is 4. The Morgan fingerprint density at radius 1 is 1.14 bits per heavy atom. The standard InChI is InChI=1S/C20H23N5O2S/c1-13(2)18(20(26)27)21-12-14-4-6-15(7-5-14)19-22-24-25(23-19)16-8-10-17(28-3)11-9-16/h4-11,13,18,21H,12H2,1-3H3,(H,26,27)/t18-/m1/s1. The van der Waals surface area contributed by atoms with Crippen molar-refractivity contribution in [3.05, 3.63) is 54.1 Å². The van der Waals surface area contributed by atoms with Gasteiger partial charge in [0.25, 0.3) is 0 Å². The summed E-state index contributed by atoms with van der Waals surface area (Å²) in [6, 6.07) is 15.1. The highest BCUT2D eigenvalue weighted by Gasteiger charge is 2.20. The van der Waals surface area contributed by atoms with Crippen LogP contribution in [0.2, 0.25) is 0 Å². The number of hydrogen-bond acceptors (Lipinski definition) is 6. The molecule has 0 saturated heterocycles. The van der Waals surface area contributed by atoms with Gasteiger partial charge in [0.1, 0.15) is 6.04 Å². The number of hydrogen-bond donors (Lipinski definition) is 2. The summed E-state index contributed by atoms with van der Waals surface area (Å²) in [5, 5.41) is 25.1. The number of nitrogens with zero attached hydrogens (tertiary/aromatic N) is 4. The van der Waals surface area contributed by atoms with Crippen molar-refractivity contribution in [3.63, 3.8) is 0 Å². The van der Waals surface area contributed by atoms with Crippen molar-refractivity contribution in [1.82, 2.24) is 25.5 Å². The number of rotatable bonds is 8. The summed E-state index contributed by atoms with van der Waals surface area (Å²) in [5.74, 6) is -0.280. The van der Waals surface area contributed by atoms with Crippen LogP contribution >= 0.6 is 11.8 Å². The van der Waals surface area contributed by atoms with Crippen LogP contribution in [0.25, 0.3) is 17.1 Å². The van der Waals surface area contributed by atoms with Gasteiger partial charge in [0.15, 0.2) is 0 Å². The van der Waals surface area contributed by atoms with Crippen LogP contribution in [0.3, 0.4) is 0 Å². The fourth-order valence-corrected chi connectivity index (χ4v) is 3.17. The molecule has 2 aromatic carbocycles. The summed E-state index contributed by atoms with van der Waals surface area (Å²) < 4.78 is 0. The van der Waals surface area contributed by atoms with E-state index >= 15 is 0 Å². The van der Waals surface area contributed by atoms with E-state index in [2.05, 4.69) is 20.7 Å². The van der Waals surface area contributed by atoms with E-state index < -0.39 is 12.0 Å². The van der Waals surface area contributed by atoms with Crippen LogP contribution < -0.4 is 5.32 Å². The predicted molar refractivity (Wildman–Crippen MR) is 109 cm³/mol. The lowest BCUT2D eigenvalue weighted by Crippen LogP contribution is -2.40. The Morgan fingerprint density at radius 2 is 1.82 bits per heavy atom. The third-order valence-electron chi connectivity index (χ3n) is 4.39. The molecule has 1 aromatic heterocycles. The number of carboxylic acids is 1. The molecule has 0 aliphatic carbocycles. The molecule has 7 nitrogen and oxygen atoms in total. The molecule has 1 atom stereocenters. The molecule has 0 bridgehead atoms. The van der Waals surface area contributed by atoms with E-state index in [-0.39, 0.29) is 5.92 Å². The summed E-state index contributed by atoms with van der Waals surface area (Å²) in [7, 11) is 0. The lowest BCUT2D eigenvalue weighted by atomic mass is 10.0. The Morgan fingerprint density at radius 3 is 2.39 bits per heavy atom. The molecule has 0 saturated carbocycles. The molecular formula is C20H23N5O2S. The molecule has 3 rings (SSSR count). The Bertz CT molecular complexity index is 923. The fraction of sp³-hybridized carbons (Fsp3) is 0.300. The molecular weight excluding hydrogens is 374 g/mol. The second-order valence-corrected chi connectivity index (χ2v) is 7.62. The summed E-state index contributed by atoms with van der Waals surface area (Å²) in [6.07, 6.45) is 2.03. The van der Waals surface area contributed by atoms with E-state index in [0.717, 1.165) is 16.8 Å². The van der Waals surface area contributed by atoms with E-state index in [0.29, 0.717) is 12.4 Å². The van der Waals surface area contributed by atoms with Crippen LogP contribution in [-0.4, -0.2) is 43.6 Å². The van der Waals surface area contributed by atoms with Crippen LogP contribution in [0, 0.1) is 5.92 Å². The van der Waals surface area contributed by atoms with Crippen LogP contribution in [0.5, 0.6) is 0 Å². The van der Waals surface area contributed by atoms with Gasteiger partial charge in [-0.3, -0.25) is 4.79 Å². The van der Waals surface area contributed by atoms with Gasteiger partial charge in [0.05, 0.1) is 5.69 Å². The van der Waals surface area contributed by atoms with Crippen LogP contribution in [0.15, 0.2) is 53.4 Å². The van der Waals surface area contributed by atoms with Crippen molar-refractivity contribution in [2.24, 2.45) is 5.92 Å². The third-order valence-corrected chi connectivity index (χ3v) is 5.13. The van der Waals surface area contributed by atoms with Gasteiger partial charge in [-0.15, -0.1) is 26.8 Å².